The van der Waals surface area contributed by atoms with Gasteiger partial charge in [0.15, 0.2) is 0 Å². The van der Waals surface area contributed by atoms with E-state index in [0.29, 0.717) is 23.6 Å². The van der Waals surface area contributed by atoms with Crippen LogP contribution in [0.25, 0.3) is 0 Å². The van der Waals surface area contributed by atoms with E-state index >= 15 is 0 Å². The molecule has 1 aliphatic heterocycles. The van der Waals surface area contributed by atoms with Crippen LogP contribution in [0.15, 0.2) is 34.3 Å². The van der Waals surface area contributed by atoms with Crippen LogP contribution in [0.1, 0.15) is 38.6 Å². The number of carboxylic acid groups (broad SMARTS) is 1. The predicted molar refractivity (Wildman–Crippen MR) is 85.9 cm³/mol. The third-order valence-corrected chi connectivity index (χ3v) is 4.81. The van der Waals surface area contributed by atoms with Gasteiger partial charge in [-0.3, -0.25) is 9.59 Å². The first-order valence-corrected chi connectivity index (χ1v) is 8.37. The van der Waals surface area contributed by atoms with Crippen molar-refractivity contribution in [2.75, 3.05) is 6.54 Å². The smallest absolute Gasteiger partial charge is 0.336 e. The maximum absolute atomic E-state index is 12.6. The molecule has 0 aliphatic carbocycles. The van der Waals surface area contributed by atoms with E-state index in [1.54, 1.807) is 12.1 Å². The van der Waals surface area contributed by atoms with Gasteiger partial charge in [0.2, 0.25) is 5.91 Å². The van der Waals surface area contributed by atoms with E-state index in [2.05, 4.69) is 5.32 Å². The summed E-state index contributed by atoms with van der Waals surface area (Å²) in [7, 11) is 0. The Balaban J connectivity index is 1.66. The van der Waals surface area contributed by atoms with Crippen molar-refractivity contribution < 1.29 is 23.9 Å². The summed E-state index contributed by atoms with van der Waals surface area (Å²) in [4.78, 5) is 37.7. The summed E-state index contributed by atoms with van der Waals surface area (Å²) < 4.78 is 5.17. The number of aromatic carboxylic acids is 1. The van der Waals surface area contributed by atoms with E-state index in [0.717, 1.165) is 17.8 Å². The fraction of sp³-hybridized carbons (Fsp3) is 0.312. The van der Waals surface area contributed by atoms with Crippen molar-refractivity contribution in [1.82, 2.24) is 10.2 Å². The highest BCUT2D eigenvalue weighted by molar-refractivity contribution is 7.12. The average molecular weight is 348 g/mol. The number of likely N-dealkylation sites (tertiary alicyclic amines) is 1. The predicted octanol–water partition coefficient (Wildman–Crippen LogP) is 1.96. The number of nitrogens with zero attached hydrogens (tertiary/aromatic N) is 1. The van der Waals surface area contributed by atoms with Gasteiger partial charge in [-0.15, -0.1) is 11.3 Å². The molecule has 1 saturated heterocycles. The molecule has 2 amide bonds. The lowest BCUT2D eigenvalue weighted by Crippen LogP contribution is -2.45. The van der Waals surface area contributed by atoms with Gasteiger partial charge in [0.05, 0.1) is 23.2 Å². The molecule has 0 aromatic carbocycles. The molecular weight excluding hydrogens is 332 g/mol. The van der Waals surface area contributed by atoms with Gasteiger partial charge < -0.3 is 19.7 Å². The number of carbonyl (C=O) groups is 3. The Labute approximate surface area is 141 Å². The summed E-state index contributed by atoms with van der Waals surface area (Å²) in [6.45, 7) is 0.754. The summed E-state index contributed by atoms with van der Waals surface area (Å²) in [5.74, 6) is -0.960. The molecule has 0 saturated carbocycles. The third-order valence-electron chi connectivity index (χ3n) is 3.89. The van der Waals surface area contributed by atoms with E-state index in [-0.39, 0.29) is 23.9 Å². The van der Waals surface area contributed by atoms with Crippen LogP contribution < -0.4 is 5.32 Å². The van der Waals surface area contributed by atoms with Gasteiger partial charge in [0.1, 0.15) is 11.8 Å². The lowest BCUT2D eigenvalue weighted by atomic mass is 10.2. The first kappa shape index (κ1) is 16.3. The molecule has 3 rings (SSSR count). The van der Waals surface area contributed by atoms with Crippen LogP contribution in [0, 0.1) is 0 Å². The summed E-state index contributed by atoms with van der Waals surface area (Å²) in [5.41, 5.74) is 0.0846. The maximum atomic E-state index is 12.6. The largest absolute Gasteiger partial charge is 0.478 e. The molecule has 1 aliphatic rings. The van der Waals surface area contributed by atoms with Crippen molar-refractivity contribution in [1.29, 1.82) is 0 Å². The van der Waals surface area contributed by atoms with Crippen molar-refractivity contribution in [2.24, 2.45) is 0 Å². The minimum Gasteiger partial charge on any atom is -0.478 e. The van der Waals surface area contributed by atoms with Crippen molar-refractivity contribution >= 4 is 29.1 Å². The highest BCUT2D eigenvalue weighted by Gasteiger charge is 2.35. The number of nitrogens with one attached hydrogen (secondary N) is 1. The van der Waals surface area contributed by atoms with Crippen molar-refractivity contribution in [3.63, 3.8) is 0 Å². The third kappa shape index (κ3) is 3.33. The van der Waals surface area contributed by atoms with Crippen molar-refractivity contribution in [2.45, 2.75) is 25.4 Å². The summed E-state index contributed by atoms with van der Waals surface area (Å²) in [6, 6.07) is 4.31. The molecule has 24 heavy (non-hydrogen) atoms. The van der Waals surface area contributed by atoms with Gasteiger partial charge in [-0.1, -0.05) is 0 Å². The molecule has 0 spiro atoms. The van der Waals surface area contributed by atoms with E-state index in [9.17, 15) is 14.4 Å². The molecule has 8 heteroatoms. The number of hydrogen-bond acceptors (Lipinski definition) is 5. The second kappa shape index (κ2) is 6.88. The zero-order valence-electron chi connectivity index (χ0n) is 12.7. The number of rotatable bonds is 5. The molecule has 7 nitrogen and oxygen atoms in total. The van der Waals surface area contributed by atoms with Crippen molar-refractivity contribution in [3.05, 3.63) is 46.0 Å². The number of carboxylic acids is 1. The Morgan fingerprint density at radius 1 is 1.42 bits per heavy atom. The van der Waals surface area contributed by atoms with Gasteiger partial charge >= 0.3 is 5.97 Å². The molecule has 2 aromatic rings. The number of hydrogen-bond donors (Lipinski definition) is 2. The molecule has 3 heterocycles. The summed E-state index contributed by atoms with van der Waals surface area (Å²) in [5, 5.41) is 13.2. The zero-order chi connectivity index (χ0) is 17.1. The highest BCUT2D eigenvalue weighted by Crippen LogP contribution is 2.24. The number of thiophene rings is 1. The number of carbonyl (C=O) groups excluding carboxylic acids is 2. The number of furan rings is 1. The molecule has 0 bridgehead atoms. The second-order valence-electron chi connectivity index (χ2n) is 5.46. The number of amides is 2. The van der Waals surface area contributed by atoms with E-state index in [4.69, 9.17) is 9.52 Å². The first-order valence-electron chi connectivity index (χ1n) is 7.49. The topological polar surface area (TPSA) is 99.9 Å². The molecular formula is C16H16N2O5S. The van der Waals surface area contributed by atoms with Gasteiger partial charge in [-0.25, -0.2) is 4.79 Å². The molecule has 2 N–H and O–H groups in total. The van der Waals surface area contributed by atoms with Crippen LogP contribution in [-0.4, -0.2) is 40.4 Å². The standard InChI is InChI=1S/C16H16N2O5S/c19-14(17-8-11-3-2-6-23-11)12-4-1-5-18(12)15(20)13-7-10(9-24-13)16(21)22/h2-3,6-7,9,12H,1,4-5,8H2,(H,17,19)(H,21,22). The lowest BCUT2D eigenvalue weighted by Gasteiger charge is -2.23. The van der Waals surface area contributed by atoms with Crippen molar-refractivity contribution in [3.8, 4) is 0 Å². The minimum absolute atomic E-state index is 0.0846. The Morgan fingerprint density at radius 2 is 2.25 bits per heavy atom. The molecule has 0 radical (unpaired) electrons. The minimum atomic E-state index is -1.07. The maximum Gasteiger partial charge on any atom is 0.336 e. The van der Waals surface area contributed by atoms with Gasteiger partial charge in [-0.2, -0.15) is 0 Å². The van der Waals surface area contributed by atoms with Crippen LogP contribution in [0.3, 0.4) is 0 Å². The summed E-state index contributed by atoms with van der Waals surface area (Å²) in [6.07, 6.45) is 2.86. The van der Waals surface area contributed by atoms with E-state index in [1.165, 1.54) is 22.6 Å². The quantitative estimate of drug-likeness (QED) is 0.860. The Hall–Kier alpha value is -2.61. The first-order chi connectivity index (χ1) is 11.6. The van der Waals surface area contributed by atoms with Crippen LogP contribution in [-0.2, 0) is 11.3 Å². The molecule has 1 atom stereocenters. The second-order valence-corrected chi connectivity index (χ2v) is 6.37. The monoisotopic (exact) mass is 348 g/mol. The van der Waals surface area contributed by atoms with Gasteiger partial charge in [-0.05, 0) is 31.0 Å². The Kier molecular flexibility index (Phi) is 4.66. The molecule has 126 valence electrons. The lowest BCUT2D eigenvalue weighted by molar-refractivity contribution is -0.125. The molecule has 2 aromatic heterocycles. The van der Waals surface area contributed by atoms with Crippen LogP contribution in [0.5, 0.6) is 0 Å². The Bertz CT molecular complexity index is 752. The SMILES string of the molecule is O=C(O)c1csc(C(=O)N2CCCC2C(=O)NCc2ccco2)c1. The fourth-order valence-electron chi connectivity index (χ4n) is 2.69. The summed E-state index contributed by atoms with van der Waals surface area (Å²) >= 11 is 1.08. The zero-order valence-corrected chi connectivity index (χ0v) is 13.5. The van der Waals surface area contributed by atoms with Crippen LogP contribution in [0.4, 0.5) is 0 Å². The average Bonchev–Trinajstić information content (AvgIpc) is 3.33. The molecule has 1 fully saturated rings. The Morgan fingerprint density at radius 3 is 2.92 bits per heavy atom. The van der Waals surface area contributed by atoms with Gasteiger partial charge in [0.25, 0.3) is 5.91 Å². The fourth-order valence-corrected chi connectivity index (χ4v) is 3.53. The highest BCUT2D eigenvalue weighted by atomic mass is 32.1. The van der Waals surface area contributed by atoms with Gasteiger partial charge in [0, 0.05) is 11.9 Å². The normalized spacial score (nSPS) is 17.0. The van der Waals surface area contributed by atoms with E-state index < -0.39 is 12.0 Å². The molecule has 1 unspecified atom stereocenters. The van der Waals surface area contributed by atoms with Crippen LogP contribution >= 0.6 is 11.3 Å². The van der Waals surface area contributed by atoms with E-state index in [1.807, 2.05) is 0 Å². The van der Waals surface area contributed by atoms with Crippen LogP contribution in [0.2, 0.25) is 0 Å².